The van der Waals surface area contributed by atoms with Crippen molar-refractivity contribution in [2.24, 2.45) is 0 Å². The van der Waals surface area contributed by atoms with Gasteiger partial charge in [-0.1, -0.05) is 29.8 Å². The number of hydrogen-bond acceptors (Lipinski definition) is 3. The summed E-state index contributed by atoms with van der Waals surface area (Å²) in [4.78, 5) is 11.7. The smallest absolute Gasteiger partial charge is 0.307 e. The largest absolute Gasteiger partial charge is 0.460 e. The summed E-state index contributed by atoms with van der Waals surface area (Å²) >= 11 is 6.01. The van der Waals surface area contributed by atoms with Crippen molar-refractivity contribution >= 4 is 17.6 Å². The van der Waals surface area contributed by atoms with Gasteiger partial charge in [-0.3, -0.25) is 4.79 Å². The minimum Gasteiger partial charge on any atom is -0.460 e. The van der Waals surface area contributed by atoms with E-state index in [1.54, 1.807) is 45.0 Å². The second-order valence-corrected chi connectivity index (χ2v) is 5.40. The van der Waals surface area contributed by atoms with Gasteiger partial charge in [0.2, 0.25) is 0 Å². The van der Waals surface area contributed by atoms with E-state index in [1.165, 1.54) is 0 Å². The van der Waals surface area contributed by atoms with E-state index in [9.17, 15) is 4.79 Å². The number of nitriles is 1. The minimum absolute atomic E-state index is 0.0114. The summed E-state index contributed by atoms with van der Waals surface area (Å²) in [5, 5.41) is 9.63. The molecular weight excluding hydrogens is 250 g/mol. The van der Waals surface area contributed by atoms with Crippen LogP contribution in [0, 0.1) is 11.3 Å². The lowest BCUT2D eigenvalue weighted by Crippen LogP contribution is -2.24. The first-order valence-electron chi connectivity index (χ1n) is 5.69. The number of benzene rings is 1. The van der Waals surface area contributed by atoms with Crippen LogP contribution >= 0.6 is 11.6 Å². The molecule has 96 valence electrons. The van der Waals surface area contributed by atoms with Crippen molar-refractivity contribution in [3.8, 4) is 6.07 Å². The van der Waals surface area contributed by atoms with Gasteiger partial charge >= 0.3 is 5.97 Å². The lowest BCUT2D eigenvalue weighted by atomic mass is 9.97. The average molecular weight is 266 g/mol. The van der Waals surface area contributed by atoms with Crippen molar-refractivity contribution in [3.05, 3.63) is 34.9 Å². The maximum atomic E-state index is 11.7. The van der Waals surface area contributed by atoms with Crippen molar-refractivity contribution < 1.29 is 9.53 Å². The van der Waals surface area contributed by atoms with Crippen LogP contribution in [0.15, 0.2) is 24.3 Å². The quantitative estimate of drug-likeness (QED) is 0.784. The van der Waals surface area contributed by atoms with Gasteiger partial charge < -0.3 is 4.74 Å². The van der Waals surface area contributed by atoms with Gasteiger partial charge in [0.25, 0.3) is 0 Å². The van der Waals surface area contributed by atoms with Crippen LogP contribution in [0.2, 0.25) is 5.02 Å². The number of rotatable bonds is 3. The van der Waals surface area contributed by atoms with Gasteiger partial charge in [0.1, 0.15) is 5.60 Å². The van der Waals surface area contributed by atoms with Crippen molar-refractivity contribution in [2.75, 3.05) is 0 Å². The third kappa shape index (κ3) is 4.38. The molecule has 1 rings (SSSR count). The Hall–Kier alpha value is -1.53. The van der Waals surface area contributed by atoms with E-state index < -0.39 is 17.5 Å². The summed E-state index contributed by atoms with van der Waals surface area (Å²) in [6.45, 7) is 5.38. The topological polar surface area (TPSA) is 50.1 Å². The molecule has 0 spiro atoms. The Bertz CT molecular complexity index is 471. The fourth-order valence-electron chi connectivity index (χ4n) is 1.53. The molecule has 0 saturated carbocycles. The maximum Gasteiger partial charge on any atom is 0.307 e. The highest BCUT2D eigenvalue weighted by molar-refractivity contribution is 6.31. The summed E-state index contributed by atoms with van der Waals surface area (Å²) in [7, 11) is 0. The third-order valence-electron chi connectivity index (χ3n) is 2.23. The number of esters is 1. The Morgan fingerprint density at radius 1 is 1.44 bits per heavy atom. The standard InChI is InChI=1S/C14H16ClNO2/c1-14(2,3)18-13(17)8-10(9-16)11-6-4-5-7-12(11)15/h4-7,10H,8H2,1-3H3. The first-order chi connectivity index (χ1) is 8.33. The van der Waals surface area contributed by atoms with Crippen molar-refractivity contribution in [1.82, 2.24) is 0 Å². The number of hydrogen-bond donors (Lipinski definition) is 0. The van der Waals surface area contributed by atoms with Gasteiger partial charge in [-0.25, -0.2) is 0 Å². The number of carbonyl (C=O) groups excluding carboxylic acids is 1. The molecule has 1 aromatic rings. The molecule has 4 heteroatoms. The normalized spacial score (nSPS) is 12.6. The number of nitrogens with zero attached hydrogens (tertiary/aromatic N) is 1. The van der Waals surface area contributed by atoms with Crippen LogP contribution in [0.3, 0.4) is 0 Å². The molecule has 0 radical (unpaired) electrons. The summed E-state index contributed by atoms with van der Waals surface area (Å²) < 4.78 is 5.20. The molecule has 0 heterocycles. The van der Waals surface area contributed by atoms with Gasteiger partial charge in [0.05, 0.1) is 18.4 Å². The van der Waals surface area contributed by atoms with Gasteiger partial charge in [-0.05, 0) is 32.4 Å². The van der Waals surface area contributed by atoms with Gasteiger partial charge in [-0.15, -0.1) is 0 Å². The fourth-order valence-corrected chi connectivity index (χ4v) is 1.80. The molecule has 0 saturated heterocycles. The Kier molecular flexibility index (Phi) is 4.75. The molecule has 0 fully saturated rings. The summed E-state index contributed by atoms with van der Waals surface area (Å²) in [6, 6.07) is 9.12. The van der Waals surface area contributed by atoms with E-state index in [1.807, 2.05) is 0 Å². The van der Waals surface area contributed by atoms with Crippen molar-refractivity contribution in [2.45, 2.75) is 38.7 Å². The number of ether oxygens (including phenoxy) is 1. The predicted molar refractivity (Wildman–Crippen MR) is 70.3 cm³/mol. The lowest BCUT2D eigenvalue weighted by Gasteiger charge is -2.20. The Morgan fingerprint density at radius 3 is 2.56 bits per heavy atom. The molecule has 1 atom stereocenters. The molecule has 0 aliphatic carbocycles. The molecule has 1 aromatic carbocycles. The van der Waals surface area contributed by atoms with Crippen LogP contribution in [0.5, 0.6) is 0 Å². The van der Waals surface area contributed by atoms with E-state index in [2.05, 4.69) is 6.07 Å². The summed E-state index contributed by atoms with van der Waals surface area (Å²) in [5.74, 6) is -0.970. The van der Waals surface area contributed by atoms with Crippen molar-refractivity contribution in [3.63, 3.8) is 0 Å². The molecule has 0 bridgehead atoms. The first kappa shape index (κ1) is 14.5. The Morgan fingerprint density at radius 2 is 2.06 bits per heavy atom. The second kappa shape index (κ2) is 5.88. The second-order valence-electron chi connectivity index (χ2n) is 4.99. The van der Waals surface area contributed by atoms with E-state index in [0.717, 1.165) is 0 Å². The van der Waals surface area contributed by atoms with Crippen LogP contribution in [-0.4, -0.2) is 11.6 Å². The monoisotopic (exact) mass is 265 g/mol. The zero-order valence-corrected chi connectivity index (χ0v) is 11.5. The van der Waals surface area contributed by atoms with E-state index in [0.29, 0.717) is 10.6 Å². The maximum absolute atomic E-state index is 11.7. The molecule has 1 unspecified atom stereocenters. The molecular formula is C14H16ClNO2. The summed E-state index contributed by atoms with van der Waals surface area (Å²) in [6.07, 6.45) is 0.0114. The van der Waals surface area contributed by atoms with Crippen LogP contribution in [0.1, 0.15) is 38.7 Å². The highest BCUT2D eigenvalue weighted by atomic mass is 35.5. The number of carbonyl (C=O) groups is 1. The molecule has 3 nitrogen and oxygen atoms in total. The first-order valence-corrected chi connectivity index (χ1v) is 6.07. The van der Waals surface area contributed by atoms with Crippen LogP contribution in [0.25, 0.3) is 0 Å². The van der Waals surface area contributed by atoms with E-state index in [-0.39, 0.29) is 6.42 Å². The average Bonchev–Trinajstić information content (AvgIpc) is 2.24. The molecule has 0 aliphatic heterocycles. The van der Waals surface area contributed by atoms with Crippen LogP contribution in [-0.2, 0) is 9.53 Å². The van der Waals surface area contributed by atoms with Crippen LogP contribution < -0.4 is 0 Å². The summed E-state index contributed by atoms with van der Waals surface area (Å²) in [5.41, 5.74) is 0.116. The molecule has 0 amide bonds. The lowest BCUT2D eigenvalue weighted by molar-refractivity contribution is -0.154. The SMILES string of the molecule is CC(C)(C)OC(=O)CC(C#N)c1ccccc1Cl. The molecule has 0 N–H and O–H groups in total. The van der Waals surface area contributed by atoms with E-state index in [4.69, 9.17) is 21.6 Å². The molecule has 0 aliphatic rings. The van der Waals surface area contributed by atoms with E-state index >= 15 is 0 Å². The fraction of sp³-hybridized carbons (Fsp3) is 0.429. The van der Waals surface area contributed by atoms with Gasteiger partial charge in [0, 0.05) is 5.02 Å². The number of halogens is 1. The van der Waals surface area contributed by atoms with Crippen LogP contribution in [0.4, 0.5) is 0 Å². The molecule has 0 aromatic heterocycles. The molecule has 18 heavy (non-hydrogen) atoms. The third-order valence-corrected chi connectivity index (χ3v) is 2.57. The highest BCUT2D eigenvalue weighted by Gasteiger charge is 2.22. The highest BCUT2D eigenvalue weighted by Crippen LogP contribution is 2.27. The predicted octanol–water partition coefficient (Wildman–Crippen LogP) is 3.68. The van der Waals surface area contributed by atoms with Crippen molar-refractivity contribution in [1.29, 1.82) is 5.26 Å². The van der Waals surface area contributed by atoms with Gasteiger partial charge in [0.15, 0.2) is 0 Å². The Labute approximate surface area is 112 Å². The Balaban J connectivity index is 2.79. The zero-order valence-electron chi connectivity index (χ0n) is 10.7. The zero-order chi connectivity index (χ0) is 13.8. The van der Waals surface area contributed by atoms with Gasteiger partial charge in [-0.2, -0.15) is 5.26 Å². The minimum atomic E-state index is -0.575.